The summed E-state index contributed by atoms with van der Waals surface area (Å²) in [6.45, 7) is 0.927. The van der Waals surface area contributed by atoms with Crippen molar-refractivity contribution in [3.8, 4) is 5.75 Å². The van der Waals surface area contributed by atoms with Crippen LogP contribution < -0.4 is 10.6 Å². The number of aromatic hydroxyl groups is 1. The van der Waals surface area contributed by atoms with Crippen molar-refractivity contribution in [3.63, 3.8) is 0 Å². The van der Waals surface area contributed by atoms with Gasteiger partial charge >= 0.3 is 0 Å². The lowest BCUT2D eigenvalue weighted by atomic mass is 10.2. The third-order valence-corrected chi connectivity index (χ3v) is 4.13. The zero-order valence-corrected chi connectivity index (χ0v) is 11.7. The summed E-state index contributed by atoms with van der Waals surface area (Å²) in [7, 11) is 4.64. The summed E-state index contributed by atoms with van der Waals surface area (Å²) in [4.78, 5) is 2.16. The maximum atomic E-state index is 9.84. The Hall–Kier alpha value is -1.37. The van der Waals surface area contributed by atoms with Crippen molar-refractivity contribution in [2.24, 2.45) is 0 Å². The molecule has 0 fully saturated rings. The van der Waals surface area contributed by atoms with Gasteiger partial charge in [0, 0.05) is 11.8 Å². The normalized spacial score (nSPS) is 11.5. The molecule has 0 saturated heterocycles. The lowest BCUT2D eigenvalue weighted by Crippen LogP contribution is -2.17. The number of nitrogens with zero attached hydrogens (tertiary/aromatic N) is 1. The maximum absolute atomic E-state index is 9.84. The van der Waals surface area contributed by atoms with Gasteiger partial charge in [-0.25, -0.2) is 0 Å². The second kappa shape index (κ2) is 5.99. The number of hydrogen-bond donors (Lipinski definition) is 1. The highest BCUT2D eigenvalue weighted by Gasteiger charge is 2.06. The average Bonchev–Trinajstić information content (AvgIpc) is 2.34. The molecule has 2 rings (SSSR count). The van der Waals surface area contributed by atoms with Crippen molar-refractivity contribution in [1.29, 1.82) is 0 Å². The summed E-state index contributed by atoms with van der Waals surface area (Å²) >= 11 is 0. The number of benzene rings is 2. The highest BCUT2D eigenvalue weighted by Crippen LogP contribution is 2.19. The van der Waals surface area contributed by atoms with E-state index in [4.69, 9.17) is 0 Å². The molecule has 2 aromatic rings. The van der Waals surface area contributed by atoms with Crippen LogP contribution in [0, 0.1) is 0 Å². The number of hydrogen-bond acceptors (Lipinski definition) is 2. The topological polar surface area (TPSA) is 23.5 Å². The van der Waals surface area contributed by atoms with Crippen LogP contribution >= 0.6 is 8.58 Å². The Kier molecular flexibility index (Phi) is 4.35. The number of rotatable bonds is 4. The first-order chi connectivity index (χ1) is 8.66. The van der Waals surface area contributed by atoms with Crippen molar-refractivity contribution in [3.05, 3.63) is 54.1 Å². The summed E-state index contributed by atoms with van der Waals surface area (Å²) in [5.41, 5.74) is 1.32. The van der Waals surface area contributed by atoms with E-state index in [1.54, 1.807) is 6.07 Å². The van der Waals surface area contributed by atoms with E-state index >= 15 is 0 Å². The van der Waals surface area contributed by atoms with Crippen molar-refractivity contribution < 1.29 is 5.11 Å². The third-order valence-electron chi connectivity index (χ3n) is 2.68. The summed E-state index contributed by atoms with van der Waals surface area (Å²) in [5, 5.41) is 12.1. The first kappa shape index (κ1) is 13.1. The maximum Gasteiger partial charge on any atom is 0.123 e. The Balaban J connectivity index is 2.26. The molecule has 0 amide bonds. The standard InChI is InChI=1S/C15H18NOP/c1-16(2)11-12-7-3-5-9-14(12)18-15-10-6-4-8-13(15)17/h3-10,17-18H,11H2,1-2H3. The van der Waals surface area contributed by atoms with E-state index < -0.39 is 0 Å². The molecule has 18 heavy (non-hydrogen) atoms. The fourth-order valence-corrected chi connectivity index (χ4v) is 3.03. The second-order valence-corrected chi connectivity index (χ2v) is 5.86. The fourth-order valence-electron chi connectivity index (χ4n) is 1.85. The fraction of sp³-hybridized carbons (Fsp3) is 0.200. The third kappa shape index (κ3) is 3.32. The van der Waals surface area contributed by atoms with Crippen LogP contribution in [0.15, 0.2) is 48.5 Å². The Morgan fingerprint density at radius 1 is 0.944 bits per heavy atom. The van der Waals surface area contributed by atoms with Crippen LogP contribution in [-0.4, -0.2) is 24.1 Å². The summed E-state index contributed by atoms with van der Waals surface area (Å²) in [6, 6.07) is 16.0. The Labute approximate surface area is 110 Å². The quantitative estimate of drug-likeness (QED) is 0.850. The van der Waals surface area contributed by atoms with Crippen molar-refractivity contribution >= 4 is 19.2 Å². The van der Waals surface area contributed by atoms with Crippen LogP contribution in [0.5, 0.6) is 5.75 Å². The molecule has 0 spiro atoms. The molecule has 2 aromatic carbocycles. The summed E-state index contributed by atoms with van der Waals surface area (Å²) in [5.74, 6) is 0.385. The molecular formula is C15H18NOP. The van der Waals surface area contributed by atoms with E-state index in [1.807, 2.05) is 18.2 Å². The molecule has 1 unspecified atom stereocenters. The van der Waals surface area contributed by atoms with Gasteiger partial charge < -0.3 is 10.0 Å². The van der Waals surface area contributed by atoms with Crippen LogP contribution in [0.1, 0.15) is 5.56 Å². The molecular weight excluding hydrogens is 241 g/mol. The monoisotopic (exact) mass is 259 g/mol. The lowest BCUT2D eigenvalue weighted by molar-refractivity contribution is 0.403. The molecule has 0 bridgehead atoms. The van der Waals surface area contributed by atoms with Gasteiger partial charge in [0.25, 0.3) is 0 Å². The SMILES string of the molecule is CN(C)Cc1ccccc1Pc1ccccc1O. The van der Waals surface area contributed by atoms with Crippen molar-refractivity contribution in [2.45, 2.75) is 6.54 Å². The minimum Gasteiger partial charge on any atom is -0.507 e. The van der Waals surface area contributed by atoms with Gasteiger partial charge in [-0.1, -0.05) is 51.0 Å². The van der Waals surface area contributed by atoms with Crippen LogP contribution in [0.2, 0.25) is 0 Å². The van der Waals surface area contributed by atoms with E-state index in [9.17, 15) is 5.11 Å². The largest absolute Gasteiger partial charge is 0.507 e. The van der Waals surface area contributed by atoms with Crippen LogP contribution in [0.4, 0.5) is 0 Å². The van der Waals surface area contributed by atoms with Crippen molar-refractivity contribution in [1.82, 2.24) is 4.90 Å². The summed E-state index contributed by atoms with van der Waals surface area (Å²) < 4.78 is 0. The highest BCUT2D eigenvalue weighted by atomic mass is 31.1. The molecule has 0 aliphatic carbocycles. The van der Waals surface area contributed by atoms with Crippen LogP contribution in [0.25, 0.3) is 0 Å². The van der Waals surface area contributed by atoms with Gasteiger partial charge in [-0.3, -0.25) is 0 Å². The molecule has 0 aliphatic heterocycles. The van der Waals surface area contributed by atoms with E-state index in [0.717, 1.165) is 11.8 Å². The molecule has 3 heteroatoms. The predicted molar refractivity (Wildman–Crippen MR) is 79.5 cm³/mol. The number of phenols is 1. The van der Waals surface area contributed by atoms with E-state index in [-0.39, 0.29) is 0 Å². The number of phenolic OH excluding ortho intramolecular Hbond substituents is 1. The van der Waals surface area contributed by atoms with Gasteiger partial charge in [-0.05, 0) is 31.0 Å². The van der Waals surface area contributed by atoms with Gasteiger partial charge in [0.1, 0.15) is 5.75 Å². The van der Waals surface area contributed by atoms with Gasteiger partial charge in [0.05, 0.1) is 0 Å². The molecule has 0 aromatic heterocycles. The average molecular weight is 259 g/mol. The van der Waals surface area contributed by atoms with Gasteiger partial charge in [-0.15, -0.1) is 0 Å². The molecule has 0 saturated carbocycles. The molecule has 94 valence electrons. The first-order valence-corrected chi connectivity index (χ1v) is 6.94. The van der Waals surface area contributed by atoms with Crippen LogP contribution in [0.3, 0.4) is 0 Å². The molecule has 1 atom stereocenters. The number of para-hydroxylation sites is 1. The predicted octanol–water partition coefficient (Wildman–Crippen LogP) is 2.08. The Morgan fingerprint density at radius 3 is 2.22 bits per heavy atom. The Bertz CT molecular complexity index is 525. The van der Waals surface area contributed by atoms with E-state index in [2.05, 4.69) is 43.3 Å². The zero-order valence-electron chi connectivity index (χ0n) is 10.7. The minimum atomic E-state index is 0.385. The molecule has 2 nitrogen and oxygen atoms in total. The molecule has 1 N–H and O–H groups in total. The molecule has 0 radical (unpaired) electrons. The van der Waals surface area contributed by atoms with E-state index in [0.29, 0.717) is 14.3 Å². The minimum absolute atomic E-state index is 0.385. The smallest absolute Gasteiger partial charge is 0.123 e. The second-order valence-electron chi connectivity index (χ2n) is 4.54. The lowest BCUT2D eigenvalue weighted by Gasteiger charge is -2.14. The molecule has 0 aliphatic rings. The zero-order chi connectivity index (χ0) is 13.0. The van der Waals surface area contributed by atoms with Gasteiger partial charge in [0.15, 0.2) is 0 Å². The summed E-state index contributed by atoms with van der Waals surface area (Å²) in [6.07, 6.45) is 0. The van der Waals surface area contributed by atoms with Gasteiger partial charge in [0.2, 0.25) is 0 Å². The Morgan fingerprint density at radius 2 is 1.56 bits per heavy atom. The highest BCUT2D eigenvalue weighted by molar-refractivity contribution is 7.55. The van der Waals surface area contributed by atoms with E-state index in [1.165, 1.54) is 10.9 Å². The first-order valence-electron chi connectivity index (χ1n) is 5.94. The van der Waals surface area contributed by atoms with Gasteiger partial charge in [-0.2, -0.15) is 0 Å². The van der Waals surface area contributed by atoms with Crippen molar-refractivity contribution in [2.75, 3.05) is 14.1 Å². The van der Waals surface area contributed by atoms with Crippen LogP contribution in [-0.2, 0) is 6.54 Å². The molecule has 0 heterocycles.